The molecule has 0 saturated carbocycles. The van der Waals surface area contributed by atoms with Crippen LogP contribution in [0, 0.1) is 17.0 Å². The number of ether oxygens (including phenoxy) is 2. The van der Waals surface area contributed by atoms with E-state index >= 15 is 0 Å². The Morgan fingerprint density at radius 3 is 2.80 bits per heavy atom. The molecule has 0 saturated heterocycles. The van der Waals surface area contributed by atoms with Gasteiger partial charge in [-0.05, 0) is 24.6 Å². The minimum atomic E-state index is -0.739. The number of nitrogens with zero attached hydrogens (tertiary/aromatic N) is 3. The molecule has 3 rings (SSSR count). The molecule has 2 aromatic carbocycles. The Kier molecular flexibility index (Phi) is 6.71. The number of aryl methyl sites for hydroxylation is 1. The van der Waals surface area contributed by atoms with Crippen molar-refractivity contribution < 1.29 is 23.7 Å². The van der Waals surface area contributed by atoms with E-state index in [9.17, 15) is 14.9 Å². The molecule has 0 spiro atoms. The maximum Gasteiger partial charge on any atom is 0.338 e. The third-order valence-electron chi connectivity index (χ3n) is 4.23. The lowest BCUT2D eigenvalue weighted by Crippen LogP contribution is -2.11. The van der Waals surface area contributed by atoms with Crippen LogP contribution >= 0.6 is 0 Å². The summed E-state index contributed by atoms with van der Waals surface area (Å²) >= 11 is 0. The fourth-order valence-corrected chi connectivity index (χ4v) is 2.70. The predicted molar refractivity (Wildman–Crippen MR) is 107 cm³/mol. The Morgan fingerprint density at radius 1 is 1.27 bits per heavy atom. The lowest BCUT2D eigenvalue weighted by Gasteiger charge is -2.08. The molecular formula is C20H20N4O6. The molecule has 0 aliphatic rings. The smallest absolute Gasteiger partial charge is 0.338 e. The number of carbonyl (C=O) groups excluding carboxylic acids is 1. The van der Waals surface area contributed by atoms with Crippen LogP contribution in [0.5, 0.6) is 0 Å². The van der Waals surface area contributed by atoms with Crippen molar-refractivity contribution in [1.82, 2.24) is 10.1 Å². The highest BCUT2D eigenvalue weighted by molar-refractivity contribution is 5.91. The molecule has 1 aromatic heterocycles. The van der Waals surface area contributed by atoms with E-state index in [0.29, 0.717) is 19.0 Å². The monoisotopic (exact) mass is 412 g/mol. The van der Waals surface area contributed by atoms with E-state index < -0.39 is 10.9 Å². The Bertz CT molecular complexity index is 1050. The molecule has 0 bridgehead atoms. The van der Waals surface area contributed by atoms with Crippen LogP contribution in [0.3, 0.4) is 0 Å². The van der Waals surface area contributed by atoms with E-state index in [4.69, 9.17) is 14.0 Å². The quantitative estimate of drug-likeness (QED) is 0.243. The molecule has 0 aliphatic carbocycles. The molecule has 30 heavy (non-hydrogen) atoms. The average Bonchev–Trinajstić information content (AvgIpc) is 3.21. The van der Waals surface area contributed by atoms with Crippen LogP contribution in [-0.2, 0) is 16.1 Å². The first kappa shape index (κ1) is 20.9. The second kappa shape index (κ2) is 9.61. The summed E-state index contributed by atoms with van der Waals surface area (Å²) < 4.78 is 15.2. The van der Waals surface area contributed by atoms with Gasteiger partial charge in [-0.15, -0.1) is 0 Å². The molecule has 10 nitrogen and oxygen atoms in total. The van der Waals surface area contributed by atoms with Crippen molar-refractivity contribution in [3.05, 3.63) is 69.6 Å². The number of aromatic nitrogens is 2. The van der Waals surface area contributed by atoms with Crippen molar-refractivity contribution in [2.24, 2.45) is 0 Å². The number of benzene rings is 2. The van der Waals surface area contributed by atoms with E-state index in [1.807, 2.05) is 31.2 Å². The molecule has 0 unspecified atom stereocenters. The molecule has 156 valence electrons. The molecule has 1 N–H and O–H groups in total. The van der Waals surface area contributed by atoms with Crippen LogP contribution in [0.15, 0.2) is 47.0 Å². The number of rotatable bonds is 9. The lowest BCUT2D eigenvalue weighted by atomic mass is 10.1. The standard InChI is InChI=1S/C20H20N4O6/c1-13-5-3-4-6-15(13)19-22-18(30-23-19)12-29-20(25)14-7-8-16(21-9-10-28-2)17(11-14)24(26)27/h3-8,11,21H,9-10,12H2,1-2H3. The number of nitrogens with one attached hydrogen (secondary N) is 1. The first-order valence-corrected chi connectivity index (χ1v) is 9.06. The van der Waals surface area contributed by atoms with Gasteiger partial charge in [-0.2, -0.15) is 4.98 Å². The number of hydrogen-bond donors (Lipinski definition) is 1. The molecular weight excluding hydrogens is 392 g/mol. The third-order valence-corrected chi connectivity index (χ3v) is 4.23. The third kappa shape index (κ3) is 4.97. The van der Waals surface area contributed by atoms with Crippen molar-refractivity contribution >= 4 is 17.3 Å². The summed E-state index contributed by atoms with van der Waals surface area (Å²) in [6.45, 7) is 2.45. The Morgan fingerprint density at radius 2 is 2.07 bits per heavy atom. The van der Waals surface area contributed by atoms with E-state index in [-0.39, 0.29) is 29.4 Å². The van der Waals surface area contributed by atoms with Gasteiger partial charge in [0, 0.05) is 25.3 Å². The van der Waals surface area contributed by atoms with Gasteiger partial charge in [0.2, 0.25) is 5.82 Å². The maximum absolute atomic E-state index is 12.3. The van der Waals surface area contributed by atoms with Crippen molar-refractivity contribution in [3.63, 3.8) is 0 Å². The summed E-state index contributed by atoms with van der Waals surface area (Å²) in [6.07, 6.45) is 0. The van der Waals surface area contributed by atoms with Crippen LogP contribution in [0.1, 0.15) is 21.8 Å². The predicted octanol–water partition coefficient (Wildman–Crippen LogP) is 3.37. The molecule has 3 aromatic rings. The van der Waals surface area contributed by atoms with Crippen LogP contribution in [0.25, 0.3) is 11.4 Å². The van der Waals surface area contributed by atoms with Crippen LogP contribution in [0.4, 0.5) is 11.4 Å². The topological polar surface area (TPSA) is 130 Å². The second-order valence-electron chi connectivity index (χ2n) is 6.31. The molecule has 10 heteroatoms. The second-order valence-corrected chi connectivity index (χ2v) is 6.31. The number of nitro benzene ring substituents is 1. The molecule has 0 amide bonds. The Balaban J connectivity index is 1.67. The fraction of sp³-hybridized carbons (Fsp3) is 0.250. The highest BCUT2D eigenvalue weighted by Crippen LogP contribution is 2.26. The SMILES string of the molecule is COCCNc1ccc(C(=O)OCc2nc(-c3ccccc3C)no2)cc1[N+](=O)[O-]. The Hall–Kier alpha value is -3.79. The van der Waals surface area contributed by atoms with Gasteiger partial charge in [0.15, 0.2) is 6.61 Å². The number of nitro groups is 1. The van der Waals surface area contributed by atoms with Crippen molar-refractivity contribution in [1.29, 1.82) is 0 Å². The molecule has 0 radical (unpaired) electrons. The number of anilines is 1. The zero-order chi connectivity index (χ0) is 21.5. The van der Waals surface area contributed by atoms with E-state index in [2.05, 4.69) is 15.5 Å². The van der Waals surface area contributed by atoms with Crippen molar-refractivity contribution in [2.45, 2.75) is 13.5 Å². The highest BCUT2D eigenvalue weighted by atomic mass is 16.6. The lowest BCUT2D eigenvalue weighted by molar-refractivity contribution is -0.384. The highest BCUT2D eigenvalue weighted by Gasteiger charge is 2.19. The minimum absolute atomic E-state index is 0.0395. The first-order chi connectivity index (χ1) is 14.5. The van der Waals surface area contributed by atoms with E-state index in [0.717, 1.165) is 17.2 Å². The summed E-state index contributed by atoms with van der Waals surface area (Å²) in [5, 5.41) is 18.1. The first-order valence-electron chi connectivity index (χ1n) is 9.06. The average molecular weight is 412 g/mol. The van der Waals surface area contributed by atoms with Gasteiger partial charge in [0.1, 0.15) is 5.69 Å². The van der Waals surface area contributed by atoms with Gasteiger partial charge in [0.25, 0.3) is 11.6 Å². The molecule has 1 heterocycles. The summed E-state index contributed by atoms with van der Waals surface area (Å²) in [5.74, 6) is -0.229. The van der Waals surface area contributed by atoms with Gasteiger partial charge in [-0.25, -0.2) is 4.79 Å². The largest absolute Gasteiger partial charge is 0.452 e. The maximum atomic E-state index is 12.3. The van der Waals surface area contributed by atoms with Gasteiger partial charge in [0.05, 0.1) is 17.1 Å². The van der Waals surface area contributed by atoms with Crippen LogP contribution < -0.4 is 5.32 Å². The van der Waals surface area contributed by atoms with Gasteiger partial charge < -0.3 is 19.3 Å². The zero-order valence-corrected chi connectivity index (χ0v) is 16.5. The van der Waals surface area contributed by atoms with Crippen molar-refractivity contribution in [2.75, 3.05) is 25.6 Å². The number of hydrogen-bond acceptors (Lipinski definition) is 9. The molecule has 0 fully saturated rings. The van der Waals surface area contributed by atoms with E-state index in [1.165, 1.54) is 19.2 Å². The molecule has 0 atom stereocenters. The van der Waals surface area contributed by atoms with Crippen LogP contribution in [-0.4, -0.2) is 41.3 Å². The fourth-order valence-electron chi connectivity index (χ4n) is 2.70. The minimum Gasteiger partial charge on any atom is -0.452 e. The van der Waals surface area contributed by atoms with Gasteiger partial charge >= 0.3 is 5.97 Å². The number of carbonyl (C=O) groups is 1. The number of methoxy groups -OCH3 is 1. The summed E-state index contributed by atoms with van der Waals surface area (Å²) in [4.78, 5) is 27.3. The summed E-state index contributed by atoms with van der Waals surface area (Å²) in [6, 6.07) is 11.6. The van der Waals surface area contributed by atoms with Gasteiger partial charge in [-0.3, -0.25) is 10.1 Å². The van der Waals surface area contributed by atoms with Crippen LogP contribution in [0.2, 0.25) is 0 Å². The van der Waals surface area contributed by atoms with Gasteiger partial charge in [-0.1, -0.05) is 29.4 Å². The number of esters is 1. The molecule has 0 aliphatic heterocycles. The van der Waals surface area contributed by atoms with Crippen molar-refractivity contribution in [3.8, 4) is 11.4 Å². The zero-order valence-electron chi connectivity index (χ0n) is 16.5. The Labute approximate surface area is 172 Å². The summed E-state index contributed by atoms with van der Waals surface area (Å²) in [5.41, 5.74) is 1.88. The van der Waals surface area contributed by atoms with E-state index in [1.54, 1.807) is 0 Å². The normalized spacial score (nSPS) is 10.6. The summed E-state index contributed by atoms with van der Waals surface area (Å²) in [7, 11) is 1.53.